The summed E-state index contributed by atoms with van der Waals surface area (Å²) in [5.74, 6) is 2.28. The maximum Gasteiger partial charge on any atom is 0.231 e. The third-order valence-corrected chi connectivity index (χ3v) is 4.13. The van der Waals surface area contributed by atoms with Crippen molar-refractivity contribution in [2.75, 3.05) is 33.0 Å². The predicted molar refractivity (Wildman–Crippen MR) is 74.9 cm³/mol. The summed E-state index contributed by atoms with van der Waals surface area (Å²) in [5, 5.41) is 0.709. The second-order valence-electron chi connectivity index (χ2n) is 5.24. The molecule has 0 saturated carbocycles. The van der Waals surface area contributed by atoms with E-state index in [1.165, 1.54) is 6.42 Å². The molecule has 2 aliphatic rings. The van der Waals surface area contributed by atoms with Gasteiger partial charge in [-0.3, -0.25) is 0 Å². The first kappa shape index (κ1) is 13.0. The minimum Gasteiger partial charge on any atom is -0.454 e. The van der Waals surface area contributed by atoms with Crippen molar-refractivity contribution in [2.24, 2.45) is 11.7 Å². The van der Waals surface area contributed by atoms with Crippen molar-refractivity contribution in [3.8, 4) is 11.5 Å². The summed E-state index contributed by atoms with van der Waals surface area (Å²) in [4.78, 5) is 2.46. The molecule has 19 heavy (non-hydrogen) atoms. The molecule has 2 N–H and O–H groups in total. The summed E-state index contributed by atoms with van der Waals surface area (Å²) in [7, 11) is 0. The van der Waals surface area contributed by atoms with Crippen LogP contribution < -0.4 is 15.2 Å². The molecular formula is C14H19ClN2O2. The van der Waals surface area contributed by atoms with Crippen molar-refractivity contribution in [3.63, 3.8) is 0 Å². The van der Waals surface area contributed by atoms with E-state index in [2.05, 4.69) is 4.90 Å². The molecule has 0 amide bonds. The number of ether oxygens (including phenoxy) is 2. The Labute approximate surface area is 118 Å². The van der Waals surface area contributed by atoms with Gasteiger partial charge >= 0.3 is 0 Å². The monoisotopic (exact) mass is 282 g/mol. The molecule has 1 aromatic carbocycles. The molecular weight excluding hydrogens is 264 g/mol. The molecule has 1 saturated heterocycles. The van der Waals surface area contributed by atoms with Gasteiger partial charge in [0.05, 0.1) is 0 Å². The standard InChI is InChI=1S/C14H19ClN2O2/c15-12-5-11(14-13(6-12)18-9-19-14)2-4-17-3-1-10(7-16)8-17/h5-6,10H,1-4,7-9,16H2/t10-/m0/s1. The lowest BCUT2D eigenvalue weighted by molar-refractivity contribution is 0.173. The highest BCUT2D eigenvalue weighted by atomic mass is 35.5. The average Bonchev–Trinajstić information content (AvgIpc) is 3.03. The van der Waals surface area contributed by atoms with Gasteiger partial charge in [-0.1, -0.05) is 11.6 Å². The minimum atomic E-state index is 0.293. The van der Waals surface area contributed by atoms with Crippen molar-refractivity contribution in [2.45, 2.75) is 12.8 Å². The van der Waals surface area contributed by atoms with E-state index in [1.54, 1.807) is 0 Å². The van der Waals surface area contributed by atoms with Crippen LogP contribution in [0, 0.1) is 5.92 Å². The van der Waals surface area contributed by atoms with Gasteiger partial charge < -0.3 is 20.1 Å². The van der Waals surface area contributed by atoms with Crippen molar-refractivity contribution < 1.29 is 9.47 Å². The molecule has 1 fully saturated rings. The van der Waals surface area contributed by atoms with Crippen molar-refractivity contribution >= 4 is 11.6 Å². The Morgan fingerprint density at radius 2 is 2.26 bits per heavy atom. The van der Waals surface area contributed by atoms with Gasteiger partial charge in [0, 0.05) is 29.7 Å². The van der Waals surface area contributed by atoms with Crippen molar-refractivity contribution in [3.05, 3.63) is 22.7 Å². The van der Waals surface area contributed by atoms with Crippen molar-refractivity contribution in [1.29, 1.82) is 0 Å². The summed E-state index contributed by atoms with van der Waals surface area (Å²) < 4.78 is 10.9. The summed E-state index contributed by atoms with van der Waals surface area (Å²) in [6.45, 7) is 4.35. The van der Waals surface area contributed by atoms with Gasteiger partial charge in [-0.05, 0) is 37.9 Å². The van der Waals surface area contributed by atoms with E-state index in [0.29, 0.717) is 17.7 Å². The van der Waals surface area contributed by atoms with Crippen LogP contribution in [0.4, 0.5) is 0 Å². The van der Waals surface area contributed by atoms with E-state index in [-0.39, 0.29) is 0 Å². The van der Waals surface area contributed by atoms with Gasteiger partial charge in [-0.25, -0.2) is 0 Å². The lowest BCUT2D eigenvalue weighted by Crippen LogP contribution is -2.25. The number of halogens is 1. The molecule has 2 heterocycles. The van der Waals surface area contributed by atoms with Crippen LogP contribution >= 0.6 is 11.6 Å². The van der Waals surface area contributed by atoms with E-state index in [1.807, 2.05) is 12.1 Å². The highest BCUT2D eigenvalue weighted by Gasteiger charge is 2.23. The molecule has 3 rings (SSSR count). The first-order chi connectivity index (χ1) is 9.26. The summed E-state index contributed by atoms with van der Waals surface area (Å²) in [6, 6.07) is 3.79. The number of likely N-dealkylation sites (tertiary alicyclic amines) is 1. The van der Waals surface area contributed by atoms with Crippen LogP contribution in [0.5, 0.6) is 11.5 Å². The lowest BCUT2D eigenvalue weighted by atomic mass is 10.1. The van der Waals surface area contributed by atoms with Gasteiger partial charge in [0.25, 0.3) is 0 Å². The molecule has 0 unspecified atom stereocenters. The number of nitrogens with two attached hydrogens (primary N) is 1. The fraction of sp³-hybridized carbons (Fsp3) is 0.571. The van der Waals surface area contributed by atoms with Gasteiger partial charge in [0.2, 0.25) is 6.79 Å². The maximum atomic E-state index is 6.10. The maximum absolute atomic E-state index is 6.10. The van der Waals surface area contributed by atoms with Gasteiger partial charge in [-0.2, -0.15) is 0 Å². The molecule has 1 atom stereocenters. The highest BCUT2D eigenvalue weighted by molar-refractivity contribution is 6.30. The average molecular weight is 283 g/mol. The lowest BCUT2D eigenvalue weighted by Gasteiger charge is -2.16. The van der Waals surface area contributed by atoms with Crippen LogP contribution in [0.25, 0.3) is 0 Å². The van der Waals surface area contributed by atoms with Gasteiger partial charge in [-0.15, -0.1) is 0 Å². The molecule has 4 nitrogen and oxygen atoms in total. The molecule has 0 bridgehead atoms. The predicted octanol–water partition coefficient (Wildman–Crippen LogP) is 1.89. The quantitative estimate of drug-likeness (QED) is 0.916. The number of hydrogen-bond acceptors (Lipinski definition) is 4. The molecule has 1 aromatic rings. The second-order valence-corrected chi connectivity index (χ2v) is 5.68. The number of hydrogen-bond donors (Lipinski definition) is 1. The third-order valence-electron chi connectivity index (χ3n) is 3.91. The normalized spacial score (nSPS) is 22.1. The van der Waals surface area contributed by atoms with E-state index in [0.717, 1.165) is 49.7 Å². The topological polar surface area (TPSA) is 47.7 Å². The van der Waals surface area contributed by atoms with Gasteiger partial charge in [0.1, 0.15) is 0 Å². The Morgan fingerprint density at radius 1 is 1.37 bits per heavy atom. The fourth-order valence-corrected chi connectivity index (χ4v) is 3.05. The first-order valence-corrected chi connectivity index (χ1v) is 7.14. The number of benzene rings is 1. The van der Waals surface area contributed by atoms with Crippen LogP contribution in [0.2, 0.25) is 5.02 Å². The molecule has 5 heteroatoms. The first-order valence-electron chi connectivity index (χ1n) is 6.76. The summed E-state index contributed by atoms with van der Waals surface area (Å²) in [5.41, 5.74) is 6.85. The van der Waals surface area contributed by atoms with Gasteiger partial charge in [0.15, 0.2) is 11.5 Å². The van der Waals surface area contributed by atoms with Crippen LogP contribution in [0.15, 0.2) is 12.1 Å². The number of nitrogens with zero attached hydrogens (tertiary/aromatic N) is 1. The van der Waals surface area contributed by atoms with Crippen LogP contribution in [0.1, 0.15) is 12.0 Å². The van der Waals surface area contributed by atoms with E-state index >= 15 is 0 Å². The zero-order valence-electron chi connectivity index (χ0n) is 10.9. The van der Waals surface area contributed by atoms with E-state index in [4.69, 9.17) is 26.8 Å². The Morgan fingerprint density at radius 3 is 3.05 bits per heavy atom. The zero-order chi connectivity index (χ0) is 13.2. The third kappa shape index (κ3) is 2.81. The molecule has 0 aromatic heterocycles. The number of fused-ring (bicyclic) bond motifs is 1. The Bertz CT molecular complexity index is 467. The molecule has 104 valence electrons. The Hall–Kier alpha value is -0.970. The molecule has 2 aliphatic heterocycles. The smallest absolute Gasteiger partial charge is 0.231 e. The number of rotatable bonds is 4. The molecule has 0 spiro atoms. The Kier molecular flexibility index (Phi) is 3.82. The largest absolute Gasteiger partial charge is 0.454 e. The fourth-order valence-electron chi connectivity index (χ4n) is 2.82. The van der Waals surface area contributed by atoms with Crippen LogP contribution in [-0.2, 0) is 6.42 Å². The zero-order valence-corrected chi connectivity index (χ0v) is 11.7. The SMILES string of the molecule is NC[C@@H]1CCN(CCc2cc(Cl)cc3c2OCO3)C1. The van der Waals surface area contributed by atoms with Crippen LogP contribution in [-0.4, -0.2) is 37.9 Å². The second kappa shape index (κ2) is 5.57. The molecule has 0 aliphatic carbocycles. The molecule has 0 radical (unpaired) electrons. The van der Waals surface area contributed by atoms with Crippen LogP contribution in [0.3, 0.4) is 0 Å². The van der Waals surface area contributed by atoms with E-state index < -0.39 is 0 Å². The highest BCUT2D eigenvalue weighted by Crippen LogP contribution is 2.38. The Balaban J connectivity index is 1.64. The summed E-state index contributed by atoms with van der Waals surface area (Å²) in [6.07, 6.45) is 2.15. The summed E-state index contributed by atoms with van der Waals surface area (Å²) >= 11 is 6.10. The van der Waals surface area contributed by atoms with Crippen molar-refractivity contribution in [1.82, 2.24) is 4.90 Å². The van der Waals surface area contributed by atoms with E-state index in [9.17, 15) is 0 Å². The minimum absolute atomic E-state index is 0.293.